The van der Waals surface area contributed by atoms with Gasteiger partial charge in [0.2, 0.25) is 0 Å². The average Bonchev–Trinajstić information content (AvgIpc) is 2.46. The van der Waals surface area contributed by atoms with Crippen molar-refractivity contribution in [2.45, 2.75) is 13.5 Å². The SMILES string of the molecule is C=CCOc1ccc(CNc2ccc(C)cc2)cc1Br. The van der Waals surface area contributed by atoms with E-state index >= 15 is 0 Å². The first-order valence-electron chi connectivity index (χ1n) is 6.51. The van der Waals surface area contributed by atoms with Gasteiger partial charge in [-0.05, 0) is 52.7 Å². The molecule has 2 aromatic carbocycles. The van der Waals surface area contributed by atoms with Gasteiger partial charge in [0.1, 0.15) is 12.4 Å². The number of ether oxygens (including phenoxy) is 1. The summed E-state index contributed by atoms with van der Waals surface area (Å²) in [5.74, 6) is 0.837. The molecule has 0 saturated heterocycles. The van der Waals surface area contributed by atoms with Gasteiger partial charge in [-0.15, -0.1) is 0 Å². The molecule has 2 aromatic rings. The number of rotatable bonds is 6. The maximum absolute atomic E-state index is 5.53. The molecule has 1 N–H and O–H groups in total. The predicted molar refractivity (Wildman–Crippen MR) is 88.3 cm³/mol. The Bertz CT molecular complexity index is 578. The number of aryl methyl sites for hydroxylation is 1. The summed E-state index contributed by atoms with van der Waals surface area (Å²) in [6.45, 7) is 7.02. The fourth-order valence-electron chi connectivity index (χ4n) is 1.80. The Morgan fingerprint density at radius 2 is 1.95 bits per heavy atom. The summed E-state index contributed by atoms with van der Waals surface area (Å²) in [7, 11) is 0. The summed E-state index contributed by atoms with van der Waals surface area (Å²) < 4.78 is 6.49. The van der Waals surface area contributed by atoms with Gasteiger partial charge in [-0.25, -0.2) is 0 Å². The summed E-state index contributed by atoms with van der Waals surface area (Å²) in [5, 5.41) is 3.40. The zero-order chi connectivity index (χ0) is 14.4. The maximum Gasteiger partial charge on any atom is 0.133 e. The van der Waals surface area contributed by atoms with Crippen molar-refractivity contribution in [3.63, 3.8) is 0 Å². The molecule has 0 aliphatic heterocycles. The van der Waals surface area contributed by atoms with Crippen LogP contribution in [0.2, 0.25) is 0 Å². The second kappa shape index (κ2) is 7.15. The van der Waals surface area contributed by atoms with Crippen molar-refractivity contribution < 1.29 is 4.74 Å². The third kappa shape index (κ3) is 4.14. The van der Waals surface area contributed by atoms with Crippen molar-refractivity contribution in [1.82, 2.24) is 0 Å². The van der Waals surface area contributed by atoms with Gasteiger partial charge >= 0.3 is 0 Å². The van der Waals surface area contributed by atoms with Crippen LogP contribution in [-0.2, 0) is 6.54 Å². The van der Waals surface area contributed by atoms with Gasteiger partial charge in [0.05, 0.1) is 4.47 Å². The highest BCUT2D eigenvalue weighted by Gasteiger charge is 2.02. The quantitative estimate of drug-likeness (QED) is 0.757. The minimum absolute atomic E-state index is 0.513. The minimum Gasteiger partial charge on any atom is -0.488 e. The van der Waals surface area contributed by atoms with Crippen LogP contribution in [0.3, 0.4) is 0 Å². The Morgan fingerprint density at radius 1 is 1.20 bits per heavy atom. The van der Waals surface area contributed by atoms with E-state index in [4.69, 9.17) is 4.74 Å². The molecule has 0 aliphatic carbocycles. The minimum atomic E-state index is 0.513. The normalized spacial score (nSPS) is 10.1. The molecule has 2 rings (SSSR count). The van der Waals surface area contributed by atoms with E-state index in [1.165, 1.54) is 11.1 Å². The van der Waals surface area contributed by atoms with E-state index < -0.39 is 0 Å². The molecule has 20 heavy (non-hydrogen) atoms. The molecule has 0 fully saturated rings. The van der Waals surface area contributed by atoms with Crippen molar-refractivity contribution in [3.8, 4) is 5.75 Å². The fraction of sp³-hybridized carbons (Fsp3) is 0.176. The molecule has 0 radical (unpaired) electrons. The lowest BCUT2D eigenvalue weighted by Gasteiger charge is -2.10. The van der Waals surface area contributed by atoms with E-state index in [0.717, 1.165) is 22.5 Å². The van der Waals surface area contributed by atoms with E-state index in [1.54, 1.807) is 6.08 Å². The summed E-state index contributed by atoms with van der Waals surface area (Å²) in [6.07, 6.45) is 1.74. The van der Waals surface area contributed by atoms with Crippen LogP contribution in [0.5, 0.6) is 5.75 Å². The molecule has 0 atom stereocenters. The molecule has 0 bridgehead atoms. The van der Waals surface area contributed by atoms with Gasteiger partial charge in [-0.1, -0.05) is 36.4 Å². The maximum atomic E-state index is 5.53. The molecular weight excluding hydrogens is 314 g/mol. The van der Waals surface area contributed by atoms with Gasteiger partial charge in [0.15, 0.2) is 0 Å². The first-order chi connectivity index (χ1) is 9.69. The molecule has 0 amide bonds. The number of anilines is 1. The van der Waals surface area contributed by atoms with Crippen LogP contribution in [0.4, 0.5) is 5.69 Å². The zero-order valence-electron chi connectivity index (χ0n) is 11.5. The van der Waals surface area contributed by atoms with Crippen molar-refractivity contribution in [2.75, 3.05) is 11.9 Å². The first kappa shape index (κ1) is 14.7. The van der Waals surface area contributed by atoms with Crippen molar-refractivity contribution >= 4 is 21.6 Å². The Morgan fingerprint density at radius 3 is 2.60 bits per heavy atom. The van der Waals surface area contributed by atoms with E-state index in [2.05, 4.69) is 71.1 Å². The molecular formula is C17H18BrNO. The van der Waals surface area contributed by atoms with Crippen LogP contribution >= 0.6 is 15.9 Å². The molecule has 0 spiro atoms. The standard InChI is InChI=1S/C17H18BrNO/c1-3-10-20-17-9-6-14(11-16(17)18)12-19-15-7-4-13(2)5-8-15/h3-9,11,19H,1,10,12H2,2H3. The van der Waals surface area contributed by atoms with Crippen molar-refractivity contribution in [2.24, 2.45) is 0 Å². The van der Waals surface area contributed by atoms with Crippen LogP contribution in [0.15, 0.2) is 59.6 Å². The summed E-state index contributed by atoms with van der Waals surface area (Å²) in [4.78, 5) is 0. The molecule has 104 valence electrons. The fourth-order valence-corrected chi connectivity index (χ4v) is 2.34. The molecule has 0 heterocycles. The summed E-state index contributed by atoms with van der Waals surface area (Å²) >= 11 is 3.53. The summed E-state index contributed by atoms with van der Waals surface area (Å²) in [6, 6.07) is 14.5. The molecule has 0 aromatic heterocycles. The molecule has 0 saturated carbocycles. The highest BCUT2D eigenvalue weighted by molar-refractivity contribution is 9.10. The van der Waals surface area contributed by atoms with Gasteiger partial charge in [-0.3, -0.25) is 0 Å². The van der Waals surface area contributed by atoms with E-state index in [0.29, 0.717) is 6.61 Å². The lowest BCUT2D eigenvalue weighted by atomic mass is 10.2. The monoisotopic (exact) mass is 331 g/mol. The Balaban J connectivity index is 1.97. The number of benzene rings is 2. The van der Waals surface area contributed by atoms with Gasteiger partial charge in [0.25, 0.3) is 0 Å². The van der Waals surface area contributed by atoms with E-state index in [1.807, 2.05) is 6.07 Å². The van der Waals surface area contributed by atoms with Crippen LogP contribution in [0, 0.1) is 6.92 Å². The van der Waals surface area contributed by atoms with Gasteiger partial charge in [0, 0.05) is 12.2 Å². The van der Waals surface area contributed by atoms with Gasteiger partial charge < -0.3 is 10.1 Å². The average molecular weight is 332 g/mol. The smallest absolute Gasteiger partial charge is 0.133 e. The molecule has 0 unspecified atom stereocenters. The molecule has 0 aliphatic rings. The van der Waals surface area contributed by atoms with Crippen LogP contribution in [0.25, 0.3) is 0 Å². The topological polar surface area (TPSA) is 21.3 Å². The van der Waals surface area contributed by atoms with E-state index in [-0.39, 0.29) is 0 Å². The Labute approximate surface area is 128 Å². The zero-order valence-corrected chi connectivity index (χ0v) is 13.1. The molecule has 3 heteroatoms. The number of hydrogen-bond acceptors (Lipinski definition) is 2. The summed E-state index contributed by atoms with van der Waals surface area (Å²) in [5.41, 5.74) is 3.59. The van der Waals surface area contributed by atoms with Gasteiger partial charge in [-0.2, -0.15) is 0 Å². The van der Waals surface area contributed by atoms with Crippen molar-refractivity contribution in [3.05, 3.63) is 70.7 Å². The predicted octanol–water partition coefficient (Wildman–Crippen LogP) is 4.93. The third-order valence-corrected chi connectivity index (χ3v) is 3.52. The van der Waals surface area contributed by atoms with Crippen LogP contribution in [0.1, 0.15) is 11.1 Å². The highest BCUT2D eigenvalue weighted by atomic mass is 79.9. The number of halogens is 1. The second-order valence-corrected chi connectivity index (χ2v) is 5.44. The first-order valence-corrected chi connectivity index (χ1v) is 7.31. The number of hydrogen-bond donors (Lipinski definition) is 1. The van der Waals surface area contributed by atoms with Crippen LogP contribution < -0.4 is 10.1 Å². The Hall–Kier alpha value is -1.74. The lowest BCUT2D eigenvalue weighted by molar-refractivity contribution is 0.361. The Kier molecular flexibility index (Phi) is 5.24. The second-order valence-electron chi connectivity index (χ2n) is 4.58. The largest absolute Gasteiger partial charge is 0.488 e. The third-order valence-electron chi connectivity index (χ3n) is 2.90. The lowest BCUT2D eigenvalue weighted by Crippen LogP contribution is -2.00. The van der Waals surface area contributed by atoms with Crippen LogP contribution in [-0.4, -0.2) is 6.61 Å². The van der Waals surface area contributed by atoms with Crippen molar-refractivity contribution in [1.29, 1.82) is 0 Å². The molecule has 2 nitrogen and oxygen atoms in total. The number of nitrogens with one attached hydrogen (secondary N) is 1. The van der Waals surface area contributed by atoms with E-state index in [9.17, 15) is 0 Å². The highest BCUT2D eigenvalue weighted by Crippen LogP contribution is 2.26.